The molecule has 3 aromatic heterocycles. The van der Waals surface area contributed by atoms with E-state index in [2.05, 4.69) is 42.1 Å². The van der Waals surface area contributed by atoms with Crippen LogP contribution in [0.25, 0.3) is 0 Å². The number of aliphatic hydroxyl groups is 1. The van der Waals surface area contributed by atoms with Gasteiger partial charge in [-0.3, -0.25) is 4.79 Å². The highest BCUT2D eigenvalue weighted by molar-refractivity contribution is 6.03. The van der Waals surface area contributed by atoms with Gasteiger partial charge in [0, 0.05) is 45.0 Å². The number of hydrogen-bond donors (Lipinski definition) is 2. The van der Waals surface area contributed by atoms with Crippen LogP contribution < -0.4 is 20.0 Å². The van der Waals surface area contributed by atoms with E-state index in [1.165, 1.54) is 24.8 Å². The fourth-order valence-electron chi connectivity index (χ4n) is 4.02. The summed E-state index contributed by atoms with van der Waals surface area (Å²) in [6.07, 6.45) is 6.68. The van der Waals surface area contributed by atoms with Crippen LogP contribution in [0.1, 0.15) is 17.3 Å². The topological polar surface area (TPSA) is 124 Å². The zero-order chi connectivity index (χ0) is 23.7. The molecule has 176 valence electrons. The number of nitrogens with zero attached hydrogens (tertiary/aromatic N) is 8. The van der Waals surface area contributed by atoms with Crippen molar-refractivity contribution in [2.75, 3.05) is 52.7 Å². The molecule has 1 atom stereocenters. The molecule has 0 saturated carbocycles. The molecule has 0 bridgehead atoms. The number of aliphatic hydroxyl groups excluding tert-OH is 1. The van der Waals surface area contributed by atoms with Crippen LogP contribution >= 0.6 is 0 Å². The third-order valence-electron chi connectivity index (χ3n) is 5.89. The van der Waals surface area contributed by atoms with E-state index >= 15 is 0 Å². The van der Waals surface area contributed by atoms with Crippen LogP contribution in [0.15, 0.2) is 43.1 Å². The predicted molar refractivity (Wildman–Crippen MR) is 123 cm³/mol. The second-order valence-electron chi connectivity index (χ2n) is 8.37. The highest BCUT2D eigenvalue weighted by Gasteiger charge is 2.27. The monoisotopic (exact) mass is 465 g/mol. The van der Waals surface area contributed by atoms with Gasteiger partial charge >= 0.3 is 0 Å². The van der Waals surface area contributed by atoms with E-state index in [0.717, 1.165) is 5.82 Å². The van der Waals surface area contributed by atoms with E-state index in [-0.39, 0.29) is 18.1 Å². The zero-order valence-electron chi connectivity index (χ0n) is 18.5. The minimum absolute atomic E-state index is 0.106. The van der Waals surface area contributed by atoms with Gasteiger partial charge in [-0.2, -0.15) is 0 Å². The molecule has 0 aliphatic carbocycles. The van der Waals surface area contributed by atoms with Crippen LogP contribution in [0.3, 0.4) is 0 Å². The van der Waals surface area contributed by atoms with Crippen LogP contribution in [0, 0.1) is 5.82 Å². The number of rotatable bonds is 5. The second kappa shape index (κ2) is 9.14. The number of hydrogen-bond acceptors (Lipinski definition) is 10. The third-order valence-corrected chi connectivity index (χ3v) is 5.89. The molecule has 2 saturated heterocycles. The molecular formula is C22H24FN9O2. The number of halogens is 1. The molecule has 2 fully saturated rings. The predicted octanol–water partition coefficient (Wildman–Crippen LogP) is 0.949. The number of carbonyl (C=O) groups is 1. The number of piperazine rings is 1. The number of anilines is 4. The van der Waals surface area contributed by atoms with Gasteiger partial charge in [-0.05, 0) is 19.1 Å². The summed E-state index contributed by atoms with van der Waals surface area (Å²) in [6.45, 7) is 5.15. The largest absolute Gasteiger partial charge is 0.389 e. The van der Waals surface area contributed by atoms with Crippen LogP contribution in [-0.4, -0.2) is 80.8 Å². The van der Waals surface area contributed by atoms with Gasteiger partial charge < -0.3 is 25.1 Å². The van der Waals surface area contributed by atoms with E-state index < -0.39 is 5.82 Å². The van der Waals surface area contributed by atoms with Gasteiger partial charge in [-0.25, -0.2) is 29.3 Å². The number of aromatic nitrogens is 5. The molecule has 5 rings (SSSR count). The second-order valence-corrected chi connectivity index (χ2v) is 8.37. The van der Waals surface area contributed by atoms with Crippen molar-refractivity contribution in [3.05, 3.63) is 54.5 Å². The molecule has 34 heavy (non-hydrogen) atoms. The molecule has 3 aromatic rings. The van der Waals surface area contributed by atoms with E-state index in [1.54, 1.807) is 18.3 Å². The highest BCUT2D eigenvalue weighted by Crippen LogP contribution is 2.21. The van der Waals surface area contributed by atoms with Gasteiger partial charge in [-0.1, -0.05) is 0 Å². The van der Waals surface area contributed by atoms with Crippen LogP contribution in [-0.2, 0) is 0 Å². The molecule has 0 radical (unpaired) electrons. The van der Waals surface area contributed by atoms with Crippen molar-refractivity contribution in [1.82, 2.24) is 24.9 Å². The fraction of sp³-hybridized carbons (Fsp3) is 0.364. The van der Waals surface area contributed by atoms with Gasteiger partial charge in [-0.15, -0.1) is 0 Å². The molecule has 11 nitrogen and oxygen atoms in total. The van der Waals surface area contributed by atoms with Gasteiger partial charge in [0.05, 0.1) is 36.5 Å². The molecule has 5 heterocycles. The Morgan fingerprint density at radius 1 is 0.941 bits per heavy atom. The summed E-state index contributed by atoms with van der Waals surface area (Å²) in [4.78, 5) is 39.8. The first kappa shape index (κ1) is 21.9. The van der Waals surface area contributed by atoms with Crippen LogP contribution in [0.4, 0.5) is 27.8 Å². The van der Waals surface area contributed by atoms with E-state index in [4.69, 9.17) is 0 Å². The Hall–Kier alpha value is -3.93. The molecule has 0 aromatic carbocycles. The molecular weight excluding hydrogens is 441 g/mol. The smallest absolute Gasteiger partial charge is 0.258 e. The Morgan fingerprint density at radius 3 is 2.32 bits per heavy atom. The van der Waals surface area contributed by atoms with E-state index in [0.29, 0.717) is 55.9 Å². The Balaban J connectivity index is 1.17. The van der Waals surface area contributed by atoms with Gasteiger partial charge in [0.2, 0.25) is 5.95 Å². The summed E-state index contributed by atoms with van der Waals surface area (Å²) in [5.41, 5.74) is 0.406. The minimum Gasteiger partial charge on any atom is -0.389 e. The lowest BCUT2D eigenvalue weighted by Crippen LogP contribution is -2.53. The van der Waals surface area contributed by atoms with Crippen molar-refractivity contribution < 1.29 is 14.3 Å². The molecule has 1 amide bonds. The maximum absolute atomic E-state index is 13.1. The van der Waals surface area contributed by atoms with Gasteiger partial charge in [0.1, 0.15) is 11.6 Å². The summed E-state index contributed by atoms with van der Waals surface area (Å²) in [6, 6.07) is 3.55. The first-order valence-corrected chi connectivity index (χ1v) is 11.0. The van der Waals surface area contributed by atoms with Crippen molar-refractivity contribution in [1.29, 1.82) is 0 Å². The lowest BCUT2D eigenvalue weighted by Gasteiger charge is -2.40. The Bertz CT molecular complexity index is 1140. The van der Waals surface area contributed by atoms with Crippen LogP contribution in [0.2, 0.25) is 0 Å². The molecule has 0 unspecified atom stereocenters. The average molecular weight is 465 g/mol. The first-order valence-electron chi connectivity index (χ1n) is 11.0. The maximum Gasteiger partial charge on any atom is 0.258 e. The average Bonchev–Trinajstić information content (AvgIpc) is 2.83. The first-order chi connectivity index (χ1) is 16.5. The summed E-state index contributed by atoms with van der Waals surface area (Å²) in [5.74, 6) is 1.49. The molecule has 2 aliphatic heterocycles. The number of carbonyl (C=O) groups excluding carboxylic acids is 1. The van der Waals surface area contributed by atoms with Crippen LogP contribution in [0.5, 0.6) is 0 Å². The third kappa shape index (κ3) is 4.57. The maximum atomic E-state index is 13.1. The minimum atomic E-state index is -0.460. The SMILES string of the molecule is C[C@H]1CN(c2ncc(F)cn2)CCN1c1cnc(NC(=O)c2ccc(N3CC(O)C3)nc2)cn1. The summed E-state index contributed by atoms with van der Waals surface area (Å²) < 4.78 is 13.1. The van der Waals surface area contributed by atoms with Crippen molar-refractivity contribution in [3.63, 3.8) is 0 Å². The normalized spacial score (nSPS) is 18.6. The van der Waals surface area contributed by atoms with Crippen molar-refractivity contribution >= 4 is 29.3 Å². The Kier molecular flexibility index (Phi) is 5.88. The van der Waals surface area contributed by atoms with Crippen molar-refractivity contribution in [2.24, 2.45) is 0 Å². The molecule has 0 spiro atoms. The number of amides is 1. The van der Waals surface area contributed by atoms with Crippen molar-refractivity contribution in [3.8, 4) is 0 Å². The zero-order valence-corrected chi connectivity index (χ0v) is 18.5. The van der Waals surface area contributed by atoms with E-state index in [1.807, 2.05) is 9.80 Å². The standard InChI is InChI=1S/C22H24FN9O2/c1-14-11-30(22-27-7-16(23)8-28-22)4-5-32(14)20-10-24-18(9-26-20)29-21(34)15-2-3-19(25-6-15)31-12-17(33)13-31/h2-3,6-10,14,17,33H,4-5,11-13H2,1H3,(H,24,29,34)/t14-/m0/s1. The number of nitrogens with one attached hydrogen (secondary N) is 1. The molecule has 2 aliphatic rings. The Labute approximate surface area is 195 Å². The van der Waals surface area contributed by atoms with Crippen molar-refractivity contribution in [2.45, 2.75) is 19.1 Å². The quantitative estimate of drug-likeness (QED) is 0.563. The summed E-state index contributed by atoms with van der Waals surface area (Å²) >= 11 is 0. The fourth-order valence-corrected chi connectivity index (χ4v) is 4.02. The number of β-amino-alcohol motifs (C(OH)–C–C–N with tert-alkyl or cyclic N) is 1. The molecule has 2 N–H and O–H groups in total. The van der Waals surface area contributed by atoms with Gasteiger partial charge in [0.25, 0.3) is 5.91 Å². The molecule has 12 heteroatoms. The highest BCUT2D eigenvalue weighted by atomic mass is 19.1. The van der Waals surface area contributed by atoms with E-state index in [9.17, 15) is 14.3 Å². The summed E-state index contributed by atoms with van der Waals surface area (Å²) in [5, 5.41) is 12.1. The van der Waals surface area contributed by atoms with Gasteiger partial charge in [0.15, 0.2) is 11.6 Å². The number of pyridine rings is 1. The lowest BCUT2D eigenvalue weighted by molar-refractivity contribution is 0.102. The summed E-state index contributed by atoms with van der Waals surface area (Å²) in [7, 11) is 0. The Morgan fingerprint density at radius 2 is 1.71 bits per heavy atom. The lowest BCUT2D eigenvalue weighted by atomic mass is 10.1.